The molecule has 2 unspecified atom stereocenters. The van der Waals surface area contributed by atoms with Crippen LogP contribution in [0.15, 0.2) is 42.5 Å². The minimum Gasteiger partial charge on any atom is -0.318 e. The van der Waals surface area contributed by atoms with Gasteiger partial charge in [-0.2, -0.15) is 0 Å². The van der Waals surface area contributed by atoms with Gasteiger partial charge < -0.3 is 5.32 Å². The number of benzene rings is 2. The van der Waals surface area contributed by atoms with Crippen molar-refractivity contribution < 1.29 is 0 Å². The number of piperidine rings is 1. The fourth-order valence-corrected chi connectivity index (χ4v) is 3.65. The standard InChI is InChI=1S/C19H26N2/c1-15(21-12-6-5-9-19(21)14-20-2)17-11-10-16-7-3-4-8-18(16)13-17/h3-4,7-8,10-11,13,15,19-20H,5-6,9,12,14H2,1-2H3. The molecular formula is C19H26N2. The third-order valence-corrected chi connectivity index (χ3v) is 4.87. The molecule has 112 valence electrons. The lowest BCUT2D eigenvalue weighted by molar-refractivity contribution is 0.103. The largest absolute Gasteiger partial charge is 0.318 e. The Morgan fingerprint density at radius 3 is 2.76 bits per heavy atom. The van der Waals surface area contributed by atoms with Crippen molar-refractivity contribution in [3.05, 3.63) is 48.0 Å². The van der Waals surface area contributed by atoms with Crippen LogP contribution in [0.5, 0.6) is 0 Å². The molecule has 2 nitrogen and oxygen atoms in total. The van der Waals surface area contributed by atoms with Gasteiger partial charge in [-0.25, -0.2) is 0 Å². The number of likely N-dealkylation sites (tertiary alicyclic amines) is 1. The van der Waals surface area contributed by atoms with E-state index in [0.717, 1.165) is 6.54 Å². The van der Waals surface area contributed by atoms with Gasteiger partial charge in [0.2, 0.25) is 0 Å². The van der Waals surface area contributed by atoms with Gasteiger partial charge in [-0.05, 0) is 55.8 Å². The highest BCUT2D eigenvalue weighted by Crippen LogP contribution is 2.29. The van der Waals surface area contributed by atoms with Gasteiger partial charge in [0.25, 0.3) is 0 Å². The van der Waals surface area contributed by atoms with Crippen LogP contribution < -0.4 is 5.32 Å². The van der Waals surface area contributed by atoms with E-state index in [4.69, 9.17) is 0 Å². The molecule has 21 heavy (non-hydrogen) atoms. The average molecular weight is 282 g/mol. The van der Waals surface area contributed by atoms with E-state index < -0.39 is 0 Å². The molecule has 0 amide bonds. The van der Waals surface area contributed by atoms with Crippen LogP contribution in [-0.2, 0) is 0 Å². The van der Waals surface area contributed by atoms with E-state index in [2.05, 4.69) is 66.7 Å². The molecule has 1 aliphatic heterocycles. The number of rotatable bonds is 4. The second kappa shape index (κ2) is 6.59. The Balaban J connectivity index is 1.85. The van der Waals surface area contributed by atoms with Crippen LogP contribution in [0.1, 0.15) is 37.8 Å². The quantitative estimate of drug-likeness (QED) is 0.912. The highest BCUT2D eigenvalue weighted by Gasteiger charge is 2.26. The van der Waals surface area contributed by atoms with Crippen LogP contribution >= 0.6 is 0 Å². The van der Waals surface area contributed by atoms with E-state index in [-0.39, 0.29) is 0 Å². The Morgan fingerprint density at radius 1 is 1.14 bits per heavy atom. The van der Waals surface area contributed by atoms with Gasteiger partial charge in [0.1, 0.15) is 0 Å². The van der Waals surface area contributed by atoms with E-state index in [0.29, 0.717) is 12.1 Å². The van der Waals surface area contributed by atoms with Crippen molar-refractivity contribution in [3.63, 3.8) is 0 Å². The minimum absolute atomic E-state index is 0.494. The van der Waals surface area contributed by atoms with Crippen LogP contribution in [0.4, 0.5) is 0 Å². The van der Waals surface area contributed by atoms with Gasteiger partial charge >= 0.3 is 0 Å². The Hall–Kier alpha value is -1.38. The molecule has 0 radical (unpaired) electrons. The summed E-state index contributed by atoms with van der Waals surface area (Å²) in [6.07, 6.45) is 4.02. The monoisotopic (exact) mass is 282 g/mol. The van der Waals surface area contributed by atoms with Crippen molar-refractivity contribution >= 4 is 10.8 Å². The van der Waals surface area contributed by atoms with Crippen molar-refractivity contribution in [3.8, 4) is 0 Å². The fourth-order valence-electron chi connectivity index (χ4n) is 3.65. The highest BCUT2D eigenvalue weighted by atomic mass is 15.2. The number of hydrogen-bond acceptors (Lipinski definition) is 2. The smallest absolute Gasteiger partial charge is 0.0323 e. The zero-order valence-corrected chi connectivity index (χ0v) is 13.2. The molecule has 2 aromatic rings. The number of nitrogens with one attached hydrogen (secondary N) is 1. The maximum absolute atomic E-state index is 3.36. The first kappa shape index (κ1) is 14.6. The molecule has 0 aromatic heterocycles. The Bertz CT molecular complexity index is 591. The molecule has 1 heterocycles. The van der Waals surface area contributed by atoms with Gasteiger partial charge in [0.15, 0.2) is 0 Å². The minimum atomic E-state index is 0.494. The van der Waals surface area contributed by atoms with Crippen molar-refractivity contribution in [2.24, 2.45) is 0 Å². The summed E-state index contributed by atoms with van der Waals surface area (Å²) in [5.41, 5.74) is 1.44. The number of nitrogens with zero attached hydrogens (tertiary/aromatic N) is 1. The lowest BCUT2D eigenvalue weighted by Gasteiger charge is -2.40. The third-order valence-electron chi connectivity index (χ3n) is 4.87. The molecule has 0 bridgehead atoms. The molecule has 1 N–H and O–H groups in total. The predicted molar refractivity (Wildman–Crippen MR) is 90.6 cm³/mol. The number of fused-ring (bicyclic) bond motifs is 1. The molecule has 0 aliphatic carbocycles. The summed E-state index contributed by atoms with van der Waals surface area (Å²) in [5, 5.41) is 6.04. The molecule has 1 saturated heterocycles. The topological polar surface area (TPSA) is 15.3 Å². The molecule has 1 aliphatic rings. The Labute approximate surface area is 128 Å². The number of likely N-dealkylation sites (N-methyl/N-ethyl adjacent to an activating group) is 1. The maximum atomic E-state index is 3.36. The van der Waals surface area contributed by atoms with Crippen LogP contribution in [0.3, 0.4) is 0 Å². The summed E-state index contributed by atoms with van der Waals surface area (Å²) >= 11 is 0. The summed E-state index contributed by atoms with van der Waals surface area (Å²) in [6, 6.07) is 16.7. The van der Waals surface area contributed by atoms with Gasteiger partial charge in [-0.1, -0.05) is 42.8 Å². The van der Waals surface area contributed by atoms with E-state index >= 15 is 0 Å². The molecule has 3 rings (SSSR count). The van der Waals surface area contributed by atoms with Crippen LogP contribution in [0, 0.1) is 0 Å². The summed E-state index contributed by atoms with van der Waals surface area (Å²) in [6.45, 7) is 4.68. The molecular weight excluding hydrogens is 256 g/mol. The van der Waals surface area contributed by atoms with Crippen molar-refractivity contribution in [1.29, 1.82) is 0 Å². The molecule has 1 fully saturated rings. The second-order valence-electron chi connectivity index (χ2n) is 6.23. The number of hydrogen-bond donors (Lipinski definition) is 1. The van der Waals surface area contributed by atoms with Crippen molar-refractivity contribution in [2.45, 2.75) is 38.3 Å². The predicted octanol–water partition coefficient (Wildman–Crippen LogP) is 3.97. The maximum Gasteiger partial charge on any atom is 0.0323 e. The van der Waals surface area contributed by atoms with Gasteiger partial charge in [0, 0.05) is 18.6 Å². The lowest BCUT2D eigenvalue weighted by Crippen LogP contribution is -2.45. The first-order chi connectivity index (χ1) is 10.3. The average Bonchev–Trinajstić information content (AvgIpc) is 2.54. The summed E-state index contributed by atoms with van der Waals surface area (Å²) in [7, 11) is 2.06. The van der Waals surface area contributed by atoms with Crippen LogP contribution in [0.25, 0.3) is 10.8 Å². The van der Waals surface area contributed by atoms with Crippen LogP contribution in [0.2, 0.25) is 0 Å². The molecule has 2 atom stereocenters. The summed E-state index contributed by atoms with van der Waals surface area (Å²) < 4.78 is 0. The SMILES string of the molecule is CNCC1CCCCN1C(C)c1ccc2ccccc2c1. The van der Waals surface area contributed by atoms with Gasteiger partial charge in [0.05, 0.1) is 0 Å². The van der Waals surface area contributed by atoms with Crippen LogP contribution in [-0.4, -0.2) is 31.1 Å². The molecule has 0 saturated carbocycles. The highest BCUT2D eigenvalue weighted by molar-refractivity contribution is 5.83. The second-order valence-corrected chi connectivity index (χ2v) is 6.23. The molecule has 2 aromatic carbocycles. The fraction of sp³-hybridized carbons (Fsp3) is 0.474. The molecule has 0 spiro atoms. The Morgan fingerprint density at radius 2 is 1.95 bits per heavy atom. The van der Waals surface area contributed by atoms with Crippen molar-refractivity contribution in [1.82, 2.24) is 10.2 Å². The van der Waals surface area contributed by atoms with Crippen molar-refractivity contribution in [2.75, 3.05) is 20.1 Å². The van der Waals surface area contributed by atoms with E-state index in [9.17, 15) is 0 Å². The molecule has 2 heteroatoms. The summed E-state index contributed by atoms with van der Waals surface area (Å²) in [4.78, 5) is 2.68. The first-order valence-electron chi connectivity index (χ1n) is 8.18. The zero-order valence-electron chi connectivity index (χ0n) is 13.2. The third kappa shape index (κ3) is 3.12. The first-order valence-corrected chi connectivity index (χ1v) is 8.18. The summed E-state index contributed by atoms with van der Waals surface area (Å²) in [5.74, 6) is 0. The van der Waals surface area contributed by atoms with Gasteiger partial charge in [-0.15, -0.1) is 0 Å². The van der Waals surface area contributed by atoms with Gasteiger partial charge in [-0.3, -0.25) is 4.90 Å². The zero-order chi connectivity index (χ0) is 14.7. The van der Waals surface area contributed by atoms with E-state index in [1.54, 1.807) is 0 Å². The normalized spacial score (nSPS) is 21.5. The Kier molecular flexibility index (Phi) is 4.57. The van der Waals surface area contributed by atoms with E-state index in [1.807, 2.05) is 0 Å². The van der Waals surface area contributed by atoms with E-state index in [1.165, 1.54) is 42.1 Å². The lowest BCUT2D eigenvalue weighted by atomic mass is 9.96.